The maximum absolute atomic E-state index is 6.92. The van der Waals surface area contributed by atoms with E-state index in [0.717, 1.165) is 17.9 Å². The van der Waals surface area contributed by atoms with Crippen LogP contribution in [0.2, 0.25) is 0 Å². The zero-order valence-corrected chi connectivity index (χ0v) is 23.8. The summed E-state index contributed by atoms with van der Waals surface area (Å²) >= 11 is 0. The molecule has 0 bridgehead atoms. The number of para-hydroxylation sites is 1. The van der Waals surface area contributed by atoms with Crippen molar-refractivity contribution in [1.82, 2.24) is 0 Å². The van der Waals surface area contributed by atoms with Gasteiger partial charge in [0.1, 0.15) is 11.5 Å². The molecule has 0 aromatic heterocycles. The van der Waals surface area contributed by atoms with Crippen LogP contribution in [0.1, 0.15) is 11.1 Å². The van der Waals surface area contributed by atoms with Gasteiger partial charge in [0.25, 0.3) is 0 Å². The molecule has 6 aromatic carbocycles. The molecular formula is C37H28OP2. The summed E-state index contributed by atoms with van der Waals surface area (Å²) in [7, 11) is -1.46. The average molecular weight is 551 g/mol. The van der Waals surface area contributed by atoms with Gasteiger partial charge in [-0.25, -0.2) is 0 Å². The minimum absolute atomic E-state index is 0.697. The van der Waals surface area contributed by atoms with Gasteiger partial charge in [0, 0.05) is 11.7 Å². The number of ether oxygens (including phenoxy) is 1. The quantitative estimate of drug-likeness (QED) is 0.205. The van der Waals surface area contributed by atoms with Gasteiger partial charge in [0.2, 0.25) is 0 Å². The van der Waals surface area contributed by atoms with Gasteiger partial charge in [-0.05, 0) is 59.6 Å². The Morgan fingerprint density at radius 3 is 1.43 bits per heavy atom. The second-order valence-electron chi connectivity index (χ2n) is 9.85. The third-order valence-corrected chi connectivity index (χ3v) is 12.2. The molecule has 0 amide bonds. The van der Waals surface area contributed by atoms with Crippen LogP contribution in [0.25, 0.3) is 0 Å². The van der Waals surface area contributed by atoms with Gasteiger partial charge in [0.15, 0.2) is 0 Å². The highest BCUT2D eigenvalue weighted by molar-refractivity contribution is 7.80. The van der Waals surface area contributed by atoms with Crippen LogP contribution in [0.5, 0.6) is 11.5 Å². The van der Waals surface area contributed by atoms with Crippen molar-refractivity contribution >= 4 is 47.7 Å². The molecule has 0 spiro atoms. The van der Waals surface area contributed by atoms with Crippen LogP contribution in [0.15, 0.2) is 158 Å². The fraction of sp³-hybridized carbons (Fsp3) is 0.0270. The second kappa shape index (κ2) is 11.2. The molecule has 7 rings (SSSR count). The van der Waals surface area contributed by atoms with E-state index in [4.69, 9.17) is 4.74 Å². The molecule has 0 N–H and O–H groups in total. The van der Waals surface area contributed by atoms with Crippen molar-refractivity contribution in [2.75, 3.05) is 0 Å². The van der Waals surface area contributed by atoms with E-state index in [9.17, 15) is 0 Å². The standard InChI is InChI=1S/C37H28OP2/c1-5-15-30(16-6-1)39(31-17-7-2-8-18-31)34-25-24-28-26-29-14-13-23-36(37(29)38-35(28)27-34)40(32-19-9-3-10-20-32)33-21-11-4-12-22-33/h1-25,27H,26H2. The van der Waals surface area contributed by atoms with Gasteiger partial charge in [-0.1, -0.05) is 152 Å². The zero-order valence-electron chi connectivity index (χ0n) is 22.0. The maximum Gasteiger partial charge on any atom is 0.139 e. The Balaban J connectivity index is 1.33. The van der Waals surface area contributed by atoms with Crippen LogP contribution in [-0.4, -0.2) is 0 Å². The fourth-order valence-electron chi connectivity index (χ4n) is 5.43. The first-order valence-corrected chi connectivity index (χ1v) is 16.3. The number of benzene rings is 6. The van der Waals surface area contributed by atoms with E-state index in [-0.39, 0.29) is 0 Å². The van der Waals surface area contributed by atoms with Crippen LogP contribution < -0.4 is 36.6 Å². The predicted molar refractivity (Wildman–Crippen MR) is 173 cm³/mol. The Bertz CT molecular complexity index is 1660. The van der Waals surface area contributed by atoms with Crippen molar-refractivity contribution < 1.29 is 4.74 Å². The zero-order chi connectivity index (χ0) is 26.7. The number of fused-ring (bicyclic) bond motifs is 2. The van der Waals surface area contributed by atoms with E-state index in [1.807, 2.05) is 0 Å². The summed E-state index contributed by atoms with van der Waals surface area (Å²) in [5.41, 5.74) is 2.50. The van der Waals surface area contributed by atoms with Gasteiger partial charge in [0.05, 0.1) is 0 Å². The Kier molecular flexibility index (Phi) is 7.01. The van der Waals surface area contributed by atoms with Gasteiger partial charge in [-0.2, -0.15) is 0 Å². The third-order valence-electron chi connectivity index (χ3n) is 7.28. The van der Waals surface area contributed by atoms with E-state index in [0.29, 0.717) is 0 Å². The van der Waals surface area contributed by atoms with Gasteiger partial charge in [-0.15, -0.1) is 0 Å². The summed E-state index contributed by atoms with van der Waals surface area (Å²) in [5, 5.41) is 7.93. The second-order valence-corrected chi connectivity index (χ2v) is 14.3. The minimum Gasteiger partial charge on any atom is -0.456 e. The molecule has 3 heteroatoms. The summed E-state index contributed by atoms with van der Waals surface area (Å²) < 4.78 is 6.92. The van der Waals surface area contributed by atoms with Crippen molar-refractivity contribution in [3.8, 4) is 11.5 Å². The van der Waals surface area contributed by atoms with Crippen molar-refractivity contribution in [3.05, 3.63) is 169 Å². The molecule has 1 heterocycles. The van der Waals surface area contributed by atoms with E-state index >= 15 is 0 Å². The van der Waals surface area contributed by atoms with Gasteiger partial charge in [-0.3, -0.25) is 0 Å². The Labute approximate surface area is 238 Å². The molecule has 1 nitrogen and oxygen atoms in total. The highest BCUT2D eigenvalue weighted by Gasteiger charge is 2.27. The summed E-state index contributed by atoms with van der Waals surface area (Å²) in [6.07, 6.45) is 0.875. The summed E-state index contributed by atoms with van der Waals surface area (Å²) in [6, 6.07) is 57.0. The average Bonchev–Trinajstić information content (AvgIpc) is 3.03. The molecule has 0 saturated carbocycles. The monoisotopic (exact) mass is 550 g/mol. The van der Waals surface area contributed by atoms with Crippen LogP contribution in [0, 0.1) is 0 Å². The third kappa shape index (κ3) is 4.89. The normalized spacial score (nSPS) is 12.1. The maximum atomic E-state index is 6.92. The topological polar surface area (TPSA) is 9.23 Å². The smallest absolute Gasteiger partial charge is 0.139 e. The van der Waals surface area contributed by atoms with Crippen LogP contribution in [0.3, 0.4) is 0 Å². The molecule has 0 saturated heterocycles. The lowest BCUT2D eigenvalue weighted by Crippen LogP contribution is -2.24. The Morgan fingerprint density at radius 1 is 0.400 bits per heavy atom. The van der Waals surface area contributed by atoms with Crippen molar-refractivity contribution in [1.29, 1.82) is 0 Å². The van der Waals surface area contributed by atoms with E-state index in [2.05, 4.69) is 158 Å². The molecule has 0 atom stereocenters. The van der Waals surface area contributed by atoms with Crippen LogP contribution >= 0.6 is 15.8 Å². The molecule has 0 radical (unpaired) electrons. The van der Waals surface area contributed by atoms with Gasteiger partial charge < -0.3 is 4.74 Å². The molecule has 0 aliphatic carbocycles. The first kappa shape index (κ1) is 25.0. The Morgan fingerprint density at radius 2 is 0.900 bits per heavy atom. The lowest BCUT2D eigenvalue weighted by Gasteiger charge is -2.28. The molecule has 192 valence electrons. The van der Waals surface area contributed by atoms with Crippen molar-refractivity contribution in [2.45, 2.75) is 6.42 Å². The number of rotatable bonds is 6. The van der Waals surface area contributed by atoms with Crippen molar-refractivity contribution in [3.63, 3.8) is 0 Å². The van der Waals surface area contributed by atoms with Crippen LogP contribution in [0.4, 0.5) is 0 Å². The molecule has 0 unspecified atom stereocenters. The highest BCUT2D eigenvalue weighted by atomic mass is 31.1. The largest absolute Gasteiger partial charge is 0.456 e. The molecule has 0 fully saturated rings. The molecule has 6 aromatic rings. The van der Waals surface area contributed by atoms with Crippen molar-refractivity contribution in [2.24, 2.45) is 0 Å². The van der Waals surface area contributed by atoms with E-state index in [1.165, 1.54) is 43.0 Å². The number of hydrogen-bond donors (Lipinski definition) is 0. The lowest BCUT2D eigenvalue weighted by molar-refractivity contribution is 0.464. The van der Waals surface area contributed by atoms with Crippen LogP contribution in [-0.2, 0) is 6.42 Å². The van der Waals surface area contributed by atoms with Gasteiger partial charge >= 0.3 is 0 Å². The highest BCUT2D eigenvalue weighted by Crippen LogP contribution is 2.44. The first-order valence-electron chi connectivity index (χ1n) is 13.6. The summed E-state index contributed by atoms with van der Waals surface area (Å²) in [4.78, 5) is 0. The van der Waals surface area contributed by atoms with E-state index in [1.54, 1.807) is 0 Å². The predicted octanol–water partition coefficient (Wildman–Crippen LogP) is 6.90. The number of hydrogen-bond acceptors (Lipinski definition) is 1. The Hall–Kier alpha value is -4.02. The fourth-order valence-corrected chi connectivity index (χ4v) is 10.2. The molecule has 1 aliphatic heterocycles. The summed E-state index contributed by atoms with van der Waals surface area (Å²) in [5.74, 6) is 2.00. The van der Waals surface area contributed by atoms with E-state index < -0.39 is 15.8 Å². The minimum atomic E-state index is -0.763. The lowest BCUT2D eigenvalue weighted by atomic mass is 10.0. The first-order chi connectivity index (χ1) is 19.8. The summed E-state index contributed by atoms with van der Waals surface area (Å²) in [6.45, 7) is 0. The molecule has 40 heavy (non-hydrogen) atoms. The SMILES string of the molecule is c1ccc(P(c2ccccc2)c2ccc3c(c2)Oc2c(cccc2P(c2ccccc2)c2ccccc2)C3)cc1. The molecular weight excluding hydrogens is 522 g/mol. The molecule has 1 aliphatic rings.